The van der Waals surface area contributed by atoms with Crippen LogP contribution < -0.4 is 0 Å². The van der Waals surface area contributed by atoms with E-state index in [0.717, 1.165) is 0 Å². The number of aryl methyl sites for hydroxylation is 2. The summed E-state index contributed by atoms with van der Waals surface area (Å²) in [5.74, 6) is 0. The molecule has 1 aromatic heterocycles. The highest BCUT2D eigenvalue weighted by molar-refractivity contribution is 7.26. The Kier molecular flexibility index (Phi) is 2.85. The van der Waals surface area contributed by atoms with Crippen molar-refractivity contribution in [3.05, 3.63) is 83.9 Å². The molecule has 1 aliphatic carbocycles. The lowest BCUT2D eigenvalue weighted by Gasteiger charge is -2.09. The summed E-state index contributed by atoms with van der Waals surface area (Å²) in [6.07, 6.45) is 0. The SMILES string of the molecule is Cc1cccc2c1sc1c(C)c3c(cc12)-c1cccc2c1c-3cc1ccccc12. The minimum Gasteiger partial charge on any atom is -0.135 e. The molecule has 0 saturated carbocycles. The number of fused-ring (bicyclic) bond motifs is 8. The molecule has 0 amide bonds. The standard InChI is InChI=1S/C28H18S/c1-15-7-5-12-21-23-14-22-20-11-6-10-19-18-9-4-3-8-17(18)13-24(26(19)20)25(22)16(2)28(23)29-27(15)21/h3-14H,1-2H3. The third-order valence-electron chi connectivity index (χ3n) is 6.67. The normalized spacial score (nSPS) is 12.5. The van der Waals surface area contributed by atoms with Crippen molar-refractivity contribution in [3.63, 3.8) is 0 Å². The molecular weight excluding hydrogens is 368 g/mol. The zero-order valence-electron chi connectivity index (χ0n) is 16.3. The fraction of sp³-hybridized carbons (Fsp3) is 0.0714. The Balaban J connectivity index is 1.72. The fourth-order valence-corrected chi connectivity index (χ4v) is 6.63. The van der Waals surface area contributed by atoms with E-state index in [0.29, 0.717) is 0 Å². The topological polar surface area (TPSA) is 0 Å². The van der Waals surface area contributed by atoms with Gasteiger partial charge < -0.3 is 0 Å². The van der Waals surface area contributed by atoms with Gasteiger partial charge in [0, 0.05) is 20.2 Å². The summed E-state index contributed by atoms with van der Waals surface area (Å²) in [5, 5.41) is 8.26. The lowest BCUT2D eigenvalue weighted by Crippen LogP contribution is -1.84. The van der Waals surface area contributed by atoms with Crippen LogP contribution in [0.25, 0.3) is 64.0 Å². The molecule has 136 valence electrons. The van der Waals surface area contributed by atoms with Crippen molar-refractivity contribution in [2.75, 3.05) is 0 Å². The summed E-state index contributed by atoms with van der Waals surface area (Å²) in [6, 6.07) is 27.2. The second kappa shape index (κ2) is 5.25. The molecule has 0 bridgehead atoms. The number of hydrogen-bond donors (Lipinski definition) is 0. The molecule has 0 radical (unpaired) electrons. The molecule has 0 atom stereocenters. The van der Waals surface area contributed by atoms with Crippen LogP contribution in [0.5, 0.6) is 0 Å². The van der Waals surface area contributed by atoms with Gasteiger partial charge in [-0.2, -0.15) is 0 Å². The van der Waals surface area contributed by atoms with Crippen LogP contribution in [0.4, 0.5) is 0 Å². The predicted octanol–water partition coefficient (Wildman–Crippen LogP) is 8.63. The number of benzene rings is 5. The van der Waals surface area contributed by atoms with Crippen LogP contribution in [-0.2, 0) is 0 Å². The predicted molar refractivity (Wildman–Crippen MR) is 128 cm³/mol. The molecule has 7 rings (SSSR count). The molecular formula is C28H18S. The molecule has 1 aliphatic rings. The Hall–Kier alpha value is -3.16. The fourth-order valence-electron chi connectivity index (χ4n) is 5.38. The van der Waals surface area contributed by atoms with Crippen molar-refractivity contribution in [1.29, 1.82) is 0 Å². The minimum atomic E-state index is 1.33. The Morgan fingerprint density at radius 3 is 2.31 bits per heavy atom. The van der Waals surface area contributed by atoms with E-state index in [-0.39, 0.29) is 0 Å². The second-order valence-corrected chi connectivity index (χ2v) is 9.25. The van der Waals surface area contributed by atoms with E-state index in [4.69, 9.17) is 0 Å². The van der Waals surface area contributed by atoms with Crippen LogP contribution >= 0.6 is 11.3 Å². The first-order valence-corrected chi connectivity index (χ1v) is 10.9. The van der Waals surface area contributed by atoms with Crippen LogP contribution in [-0.4, -0.2) is 0 Å². The van der Waals surface area contributed by atoms with E-state index < -0.39 is 0 Å². The molecule has 0 saturated heterocycles. The summed E-state index contributed by atoms with van der Waals surface area (Å²) in [6.45, 7) is 4.54. The van der Waals surface area contributed by atoms with Gasteiger partial charge in [-0.05, 0) is 80.9 Å². The summed E-state index contributed by atoms with van der Waals surface area (Å²) in [7, 11) is 0. The van der Waals surface area contributed by atoms with Gasteiger partial charge in [0.2, 0.25) is 0 Å². The zero-order valence-corrected chi connectivity index (χ0v) is 17.2. The minimum absolute atomic E-state index is 1.33. The van der Waals surface area contributed by atoms with Gasteiger partial charge in [-0.25, -0.2) is 0 Å². The lowest BCUT2D eigenvalue weighted by atomic mass is 9.94. The van der Waals surface area contributed by atoms with Crippen molar-refractivity contribution in [3.8, 4) is 22.3 Å². The van der Waals surface area contributed by atoms with Gasteiger partial charge in [0.05, 0.1) is 0 Å². The molecule has 0 nitrogen and oxygen atoms in total. The maximum atomic E-state index is 2.45. The number of rotatable bonds is 0. The molecule has 5 aromatic carbocycles. The zero-order chi connectivity index (χ0) is 19.3. The van der Waals surface area contributed by atoms with E-state index in [2.05, 4.69) is 86.6 Å². The van der Waals surface area contributed by atoms with Crippen LogP contribution in [0.1, 0.15) is 11.1 Å². The monoisotopic (exact) mass is 386 g/mol. The van der Waals surface area contributed by atoms with Gasteiger partial charge >= 0.3 is 0 Å². The van der Waals surface area contributed by atoms with Crippen LogP contribution in [0, 0.1) is 13.8 Å². The van der Waals surface area contributed by atoms with Gasteiger partial charge in [0.1, 0.15) is 0 Å². The first-order valence-electron chi connectivity index (χ1n) is 10.1. The van der Waals surface area contributed by atoms with Gasteiger partial charge in [-0.1, -0.05) is 60.7 Å². The largest absolute Gasteiger partial charge is 0.135 e. The smallest absolute Gasteiger partial charge is 0.0391 e. The molecule has 29 heavy (non-hydrogen) atoms. The molecule has 0 unspecified atom stereocenters. The molecule has 6 aromatic rings. The highest BCUT2D eigenvalue weighted by atomic mass is 32.1. The second-order valence-electron chi connectivity index (χ2n) is 8.23. The highest BCUT2D eigenvalue weighted by Gasteiger charge is 2.26. The molecule has 0 N–H and O–H groups in total. The Morgan fingerprint density at radius 1 is 0.586 bits per heavy atom. The summed E-state index contributed by atoms with van der Waals surface area (Å²) in [5.41, 5.74) is 8.40. The van der Waals surface area contributed by atoms with E-state index in [1.165, 1.54) is 75.1 Å². The molecule has 0 spiro atoms. The van der Waals surface area contributed by atoms with Crippen molar-refractivity contribution >= 4 is 53.1 Å². The first-order chi connectivity index (χ1) is 14.2. The van der Waals surface area contributed by atoms with Gasteiger partial charge in [-0.15, -0.1) is 11.3 Å². The Bertz CT molecular complexity index is 1660. The van der Waals surface area contributed by atoms with Crippen LogP contribution in [0.3, 0.4) is 0 Å². The van der Waals surface area contributed by atoms with Crippen molar-refractivity contribution in [1.82, 2.24) is 0 Å². The highest BCUT2D eigenvalue weighted by Crippen LogP contribution is 2.53. The number of hydrogen-bond acceptors (Lipinski definition) is 1. The Morgan fingerprint density at radius 2 is 1.38 bits per heavy atom. The van der Waals surface area contributed by atoms with Gasteiger partial charge in [-0.3, -0.25) is 0 Å². The van der Waals surface area contributed by atoms with E-state index in [1.54, 1.807) is 0 Å². The lowest BCUT2D eigenvalue weighted by molar-refractivity contribution is 1.56. The number of thiophene rings is 1. The maximum absolute atomic E-state index is 2.45. The third kappa shape index (κ3) is 1.84. The molecule has 0 aliphatic heterocycles. The summed E-state index contributed by atoms with van der Waals surface area (Å²) < 4.78 is 2.85. The van der Waals surface area contributed by atoms with Crippen molar-refractivity contribution in [2.24, 2.45) is 0 Å². The van der Waals surface area contributed by atoms with E-state index in [1.807, 2.05) is 11.3 Å². The summed E-state index contributed by atoms with van der Waals surface area (Å²) >= 11 is 1.95. The average Bonchev–Trinajstić information content (AvgIpc) is 3.28. The summed E-state index contributed by atoms with van der Waals surface area (Å²) in [4.78, 5) is 0. The maximum Gasteiger partial charge on any atom is 0.0391 e. The molecule has 1 heterocycles. The van der Waals surface area contributed by atoms with Crippen LogP contribution in [0.2, 0.25) is 0 Å². The molecule has 1 heteroatoms. The van der Waals surface area contributed by atoms with Crippen molar-refractivity contribution < 1.29 is 0 Å². The third-order valence-corrected chi connectivity index (χ3v) is 8.14. The van der Waals surface area contributed by atoms with E-state index in [9.17, 15) is 0 Å². The average molecular weight is 387 g/mol. The van der Waals surface area contributed by atoms with Gasteiger partial charge in [0.25, 0.3) is 0 Å². The Labute approximate surface area is 173 Å². The van der Waals surface area contributed by atoms with Gasteiger partial charge in [0.15, 0.2) is 0 Å². The van der Waals surface area contributed by atoms with Crippen LogP contribution in [0.15, 0.2) is 72.8 Å². The molecule has 0 fully saturated rings. The quantitative estimate of drug-likeness (QED) is 0.229. The van der Waals surface area contributed by atoms with Crippen molar-refractivity contribution in [2.45, 2.75) is 13.8 Å². The first kappa shape index (κ1) is 15.7. The van der Waals surface area contributed by atoms with E-state index >= 15 is 0 Å².